The maximum Gasteiger partial charge on any atom is 0.315 e. The van der Waals surface area contributed by atoms with E-state index in [0.717, 1.165) is 24.5 Å². The van der Waals surface area contributed by atoms with Crippen LogP contribution in [0.25, 0.3) is 10.4 Å². The zero-order valence-corrected chi connectivity index (χ0v) is 24.3. The Morgan fingerprint density at radius 1 is 1.03 bits per heavy atom. The summed E-state index contributed by atoms with van der Waals surface area (Å²) in [7, 11) is 0. The summed E-state index contributed by atoms with van der Waals surface area (Å²) in [5.74, 6) is 8.71. The highest BCUT2D eigenvalue weighted by Gasteiger charge is 2.42. The summed E-state index contributed by atoms with van der Waals surface area (Å²) < 4.78 is 0. The van der Waals surface area contributed by atoms with E-state index < -0.39 is 0 Å². The number of unbranched alkanes of at least 4 members (excludes halogenated alkanes) is 1. The van der Waals surface area contributed by atoms with Crippen LogP contribution in [0, 0.1) is 48.4 Å². The molecule has 2 aliphatic rings. The Hall–Kier alpha value is -1.95. The highest BCUT2D eigenvalue weighted by atomic mass is 32.2. The Morgan fingerprint density at radius 2 is 1.63 bits per heavy atom. The number of azide groups is 1. The summed E-state index contributed by atoms with van der Waals surface area (Å²) in [5, 5.41) is 10.1. The van der Waals surface area contributed by atoms with Crippen molar-refractivity contribution in [1.29, 1.82) is 0 Å². The summed E-state index contributed by atoms with van der Waals surface area (Å²) in [6, 6.07) is 0.798. The molecule has 200 valence electrons. The van der Waals surface area contributed by atoms with E-state index in [1.165, 1.54) is 25.7 Å². The largest absolute Gasteiger partial charge is 0.332 e. The van der Waals surface area contributed by atoms with Crippen molar-refractivity contribution < 1.29 is 4.79 Å². The van der Waals surface area contributed by atoms with Gasteiger partial charge in [0, 0.05) is 34.8 Å². The molecule has 7 heteroatoms. The molecule has 0 radical (unpaired) electrons. The standard InChI is InChI=1S/C12H22N2OS.C6H10.C5H11N3.C5H8/c1-8(2)5-3-4-6-10-11-9(7-16-10)13-12(15)14-11;1-4-5-6(2)3;1-5(2)3-4-7-8-6;1-4-5(2)3/h8-11H,3-7H2,1-2H3,(H2,13,14,15);1,6H,5H2,2-3H3;5H,3-4H2,1-2H3;1,5H,2-3H3/t9-,10-,11-;;;/m0.../s1. The first-order chi connectivity index (χ1) is 16.5. The second-order valence-corrected chi connectivity index (χ2v) is 11.8. The van der Waals surface area contributed by atoms with Crippen LogP contribution < -0.4 is 10.6 Å². The van der Waals surface area contributed by atoms with Crippen LogP contribution in [0.3, 0.4) is 0 Å². The molecule has 2 rings (SSSR count). The van der Waals surface area contributed by atoms with Crippen LogP contribution in [0.1, 0.15) is 93.9 Å². The van der Waals surface area contributed by atoms with Gasteiger partial charge >= 0.3 is 6.03 Å². The summed E-state index contributed by atoms with van der Waals surface area (Å²) in [6.07, 6.45) is 17.0. The molecule has 0 saturated carbocycles. The number of carbonyl (C=O) groups is 1. The van der Waals surface area contributed by atoms with E-state index in [9.17, 15) is 4.79 Å². The smallest absolute Gasteiger partial charge is 0.315 e. The van der Waals surface area contributed by atoms with Crippen LogP contribution in [0.4, 0.5) is 4.79 Å². The zero-order chi connectivity index (χ0) is 27.2. The van der Waals surface area contributed by atoms with E-state index in [2.05, 4.69) is 74.0 Å². The highest BCUT2D eigenvalue weighted by Crippen LogP contribution is 2.33. The minimum absolute atomic E-state index is 0.0301. The molecular weight excluding hydrogens is 454 g/mol. The second kappa shape index (κ2) is 22.5. The van der Waals surface area contributed by atoms with E-state index in [4.69, 9.17) is 18.4 Å². The van der Waals surface area contributed by atoms with Crippen LogP contribution in [-0.4, -0.2) is 35.7 Å². The van der Waals surface area contributed by atoms with Crippen LogP contribution in [0.5, 0.6) is 0 Å². The topological polar surface area (TPSA) is 89.9 Å². The number of amides is 2. The Morgan fingerprint density at radius 3 is 2.06 bits per heavy atom. The summed E-state index contributed by atoms with van der Waals surface area (Å²) in [6.45, 7) is 17.6. The van der Waals surface area contributed by atoms with Gasteiger partial charge in [-0.3, -0.25) is 0 Å². The third kappa shape index (κ3) is 22.3. The fraction of sp³-hybridized carbons (Fsp3) is 0.821. The summed E-state index contributed by atoms with van der Waals surface area (Å²) in [4.78, 5) is 13.8. The summed E-state index contributed by atoms with van der Waals surface area (Å²) >= 11 is 2.02. The van der Waals surface area contributed by atoms with Crippen molar-refractivity contribution in [3.63, 3.8) is 0 Å². The minimum Gasteiger partial charge on any atom is -0.332 e. The van der Waals surface area contributed by atoms with Crippen LogP contribution in [0.2, 0.25) is 0 Å². The quantitative estimate of drug-likeness (QED) is 0.0841. The first kappa shape index (κ1) is 35.2. The second-order valence-electron chi connectivity index (χ2n) is 10.6. The van der Waals surface area contributed by atoms with Gasteiger partial charge in [-0.15, -0.1) is 24.7 Å². The maximum absolute atomic E-state index is 11.2. The Bertz CT molecular complexity index is 672. The lowest BCUT2D eigenvalue weighted by atomic mass is 10.0. The van der Waals surface area contributed by atoms with Crippen molar-refractivity contribution in [3.8, 4) is 24.7 Å². The van der Waals surface area contributed by atoms with Crippen molar-refractivity contribution in [2.24, 2.45) is 28.8 Å². The molecule has 0 aromatic rings. The van der Waals surface area contributed by atoms with Gasteiger partial charge in [0.05, 0.1) is 12.1 Å². The molecule has 0 aromatic heterocycles. The van der Waals surface area contributed by atoms with Gasteiger partial charge in [0.25, 0.3) is 0 Å². The fourth-order valence-electron chi connectivity index (χ4n) is 3.14. The number of hydrogen-bond donors (Lipinski definition) is 2. The van der Waals surface area contributed by atoms with E-state index in [1.54, 1.807) is 0 Å². The van der Waals surface area contributed by atoms with E-state index in [0.29, 0.717) is 41.6 Å². The zero-order valence-electron chi connectivity index (χ0n) is 23.5. The molecule has 2 aliphatic heterocycles. The molecule has 0 spiro atoms. The molecule has 2 N–H and O–H groups in total. The lowest BCUT2D eigenvalue weighted by Gasteiger charge is -2.16. The average molecular weight is 506 g/mol. The third-order valence-electron chi connectivity index (χ3n) is 5.19. The van der Waals surface area contributed by atoms with Gasteiger partial charge in [0.15, 0.2) is 0 Å². The molecule has 0 unspecified atom stereocenters. The van der Waals surface area contributed by atoms with Crippen molar-refractivity contribution in [2.75, 3.05) is 12.3 Å². The molecular formula is C28H51N5OS. The van der Waals surface area contributed by atoms with E-state index >= 15 is 0 Å². The predicted octanol–water partition coefficient (Wildman–Crippen LogP) is 7.65. The van der Waals surface area contributed by atoms with Crippen LogP contribution >= 0.6 is 11.8 Å². The number of thioether (sulfide) groups is 1. The van der Waals surface area contributed by atoms with Crippen molar-refractivity contribution in [2.45, 2.75) is 111 Å². The number of carbonyl (C=O) groups excluding carboxylic acids is 1. The van der Waals surface area contributed by atoms with E-state index in [1.807, 2.05) is 25.6 Å². The number of rotatable bonds is 9. The van der Waals surface area contributed by atoms with Gasteiger partial charge in [-0.25, -0.2) is 4.79 Å². The minimum atomic E-state index is 0.0301. The molecule has 2 fully saturated rings. The highest BCUT2D eigenvalue weighted by molar-refractivity contribution is 8.00. The van der Waals surface area contributed by atoms with Crippen molar-refractivity contribution in [1.82, 2.24) is 10.6 Å². The molecule has 2 saturated heterocycles. The van der Waals surface area contributed by atoms with Gasteiger partial charge in [-0.1, -0.05) is 79.8 Å². The number of urea groups is 1. The average Bonchev–Trinajstić information content (AvgIpc) is 3.31. The molecule has 0 aromatic carbocycles. The van der Waals surface area contributed by atoms with Crippen molar-refractivity contribution >= 4 is 17.8 Å². The molecule has 2 amide bonds. The monoisotopic (exact) mass is 505 g/mol. The van der Waals surface area contributed by atoms with Crippen LogP contribution in [0.15, 0.2) is 5.11 Å². The molecule has 2 heterocycles. The lowest BCUT2D eigenvalue weighted by Crippen LogP contribution is -2.36. The summed E-state index contributed by atoms with van der Waals surface area (Å²) in [5.41, 5.74) is 7.84. The Balaban J connectivity index is 0. The Labute approximate surface area is 220 Å². The van der Waals surface area contributed by atoms with Crippen LogP contribution in [-0.2, 0) is 0 Å². The normalized spacial score (nSPS) is 19.5. The van der Waals surface area contributed by atoms with Crippen molar-refractivity contribution in [3.05, 3.63) is 10.4 Å². The number of nitrogens with zero attached hydrogens (tertiary/aromatic N) is 3. The fourth-order valence-corrected chi connectivity index (χ4v) is 4.68. The third-order valence-corrected chi connectivity index (χ3v) is 6.70. The maximum atomic E-state index is 11.2. The number of terminal acetylenes is 2. The van der Waals surface area contributed by atoms with Gasteiger partial charge in [-0.05, 0) is 36.1 Å². The predicted molar refractivity (Wildman–Crippen MR) is 154 cm³/mol. The van der Waals surface area contributed by atoms with Gasteiger partial charge in [0.1, 0.15) is 0 Å². The first-order valence-corrected chi connectivity index (χ1v) is 14.1. The molecule has 6 nitrogen and oxygen atoms in total. The Kier molecular flexibility index (Phi) is 22.6. The van der Waals surface area contributed by atoms with E-state index in [-0.39, 0.29) is 6.03 Å². The van der Waals surface area contributed by atoms with Gasteiger partial charge in [0.2, 0.25) is 0 Å². The molecule has 35 heavy (non-hydrogen) atoms. The number of fused-ring (bicyclic) bond motifs is 1. The van der Waals surface area contributed by atoms with Gasteiger partial charge in [-0.2, -0.15) is 11.8 Å². The van der Waals surface area contributed by atoms with Gasteiger partial charge < -0.3 is 10.6 Å². The SMILES string of the molecule is C#CC(C)C.C#CCC(C)C.CC(C)CCCC[C@@H]1SC[C@@H]2NC(=O)N[C@@H]21.CC(C)CCN=[N+]=[N-]. The number of hydrogen-bond acceptors (Lipinski definition) is 3. The first-order valence-electron chi connectivity index (χ1n) is 13.1. The molecule has 0 aliphatic carbocycles. The lowest BCUT2D eigenvalue weighted by molar-refractivity contribution is 0.247. The molecule has 0 bridgehead atoms. The molecule has 3 atom stereocenters. The number of nitrogens with one attached hydrogen (secondary N) is 2.